The highest BCUT2D eigenvalue weighted by atomic mass is 79.9. The number of halogens is 2. The van der Waals surface area contributed by atoms with Crippen LogP contribution in [0, 0.1) is 0 Å². The smallest absolute Gasteiger partial charge is 0.207 e. The predicted molar refractivity (Wildman–Crippen MR) is 183 cm³/mol. The highest BCUT2D eigenvalue weighted by Crippen LogP contribution is 2.35. The summed E-state index contributed by atoms with van der Waals surface area (Å²) < 4.78 is 61.5. The quantitative estimate of drug-likeness (QED) is 0.154. The maximum atomic E-state index is 13.5. The van der Waals surface area contributed by atoms with Gasteiger partial charge in [0.1, 0.15) is 11.5 Å². The van der Waals surface area contributed by atoms with E-state index in [0.29, 0.717) is 22.6 Å². The SMILES string of the molecule is O=S(=O)(c1ccc(Br)cc1)c1ccccc1-c1ccc(Oc2ccc(-c3ccccc3S(=O)(=O)c3ccc(Br)cc3)cc2)cc1. The van der Waals surface area contributed by atoms with E-state index >= 15 is 0 Å². The average molecular weight is 761 g/mol. The van der Waals surface area contributed by atoms with Gasteiger partial charge in [-0.15, -0.1) is 0 Å². The standard InChI is InChI=1S/C36H24Br2O5S2/c37-27-13-21-31(22-14-27)44(39,40)35-7-3-1-5-33(35)25-9-17-29(18-10-25)43-30-19-11-26(12-20-30)34-6-2-4-8-36(34)45(41,42)32-23-15-28(38)16-24-32/h1-24H. The van der Waals surface area contributed by atoms with Gasteiger partial charge in [-0.3, -0.25) is 0 Å². The minimum absolute atomic E-state index is 0.218. The lowest BCUT2D eigenvalue weighted by atomic mass is 10.1. The topological polar surface area (TPSA) is 77.5 Å². The molecule has 9 heteroatoms. The summed E-state index contributed by atoms with van der Waals surface area (Å²) in [7, 11) is -7.48. The minimum Gasteiger partial charge on any atom is -0.457 e. The Balaban J connectivity index is 1.23. The average Bonchev–Trinajstić information content (AvgIpc) is 3.06. The van der Waals surface area contributed by atoms with E-state index in [9.17, 15) is 16.8 Å². The van der Waals surface area contributed by atoms with Gasteiger partial charge in [0.25, 0.3) is 0 Å². The number of sulfone groups is 2. The third-order valence-corrected chi connectivity index (χ3v) is 11.9. The Kier molecular flexibility index (Phi) is 8.79. The van der Waals surface area contributed by atoms with Gasteiger partial charge in [-0.1, -0.05) is 92.5 Å². The second kappa shape index (κ2) is 12.8. The van der Waals surface area contributed by atoms with E-state index in [-0.39, 0.29) is 19.6 Å². The van der Waals surface area contributed by atoms with Crippen LogP contribution in [0.1, 0.15) is 0 Å². The van der Waals surface area contributed by atoms with Gasteiger partial charge < -0.3 is 4.74 Å². The van der Waals surface area contributed by atoms with Gasteiger partial charge in [0.2, 0.25) is 19.7 Å². The van der Waals surface area contributed by atoms with Crippen LogP contribution in [-0.2, 0) is 19.7 Å². The molecule has 0 unspecified atom stereocenters. The van der Waals surface area contributed by atoms with Gasteiger partial charge in [-0.05, 0) is 96.1 Å². The van der Waals surface area contributed by atoms with E-state index in [0.717, 1.165) is 20.1 Å². The second-order valence-corrected chi connectivity index (χ2v) is 15.7. The van der Waals surface area contributed by atoms with Crippen LogP contribution >= 0.6 is 31.9 Å². The Labute approximate surface area is 279 Å². The van der Waals surface area contributed by atoms with Crippen LogP contribution in [0.2, 0.25) is 0 Å². The molecule has 0 N–H and O–H groups in total. The van der Waals surface area contributed by atoms with Crippen molar-refractivity contribution < 1.29 is 21.6 Å². The summed E-state index contributed by atoms with van der Waals surface area (Å²) in [5.74, 6) is 1.14. The molecule has 0 aliphatic heterocycles. The molecule has 0 aromatic heterocycles. The highest BCUT2D eigenvalue weighted by Gasteiger charge is 2.23. The molecule has 0 bridgehead atoms. The van der Waals surface area contributed by atoms with Gasteiger partial charge in [0, 0.05) is 20.1 Å². The summed E-state index contributed by atoms with van der Waals surface area (Å²) >= 11 is 6.71. The maximum Gasteiger partial charge on any atom is 0.207 e. The van der Waals surface area contributed by atoms with Crippen molar-refractivity contribution in [3.63, 3.8) is 0 Å². The normalized spacial score (nSPS) is 11.7. The van der Waals surface area contributed by atoms with Crippen molar-refractivity contribution in [2.75, 3.05) is 0 Å². The van der Waals surface area contributed by atoms with Crippen LogP contribution in [0.15, 0.2) is 174 Å². The van der Waals surface area contributed by atoms with Crippen molar-refractivity contribution >= 4 is 51.5 Å². The second-order valence-electron chi connectivity index (χ2n) is 10.1. The number of hydrogen-bond acceptors (Lipinski definition) is 5. The fourth-order valence-corrected chi connectivity index (χ4v) is 8.39. The number of hydrogen-bond donors (Lipinski definition) is 0. The van der Waals surface area contributed by atoms with Crippen molar-refractivity contribution in [1.29, 1.82) is 0 Å². The zero-order valence-corrected chi connectivity index (χ0v) is 28.3. The lowest BCUT2D eigenvalue weighted by Crippen LogP contribution is -2.04. The van der Waals surface area contributed by atoms with Gasteiger partial charge in [0.05, 0.1) is 19.6 Å². The van der Waals surface area contributed by atoms with Crippen LogP contribution in [-0.4, -0.2) is 16.8 Å². The van der Waals surface area contributed by atoms with Crippen LogP contribution in [0.5, 0.6) is 11.5 Å². The first-order valence-corrected chi connectivity index (χ1v) is 18.3. The molecule has 6 rings (SSSR count). The zero-order chi connectivity index (χ0) is 31.6. The monoisotopic (exact) mass is 758 g/mol. The first-order chi connectivity index (χ1) is 21.6. The van der Waals surface area contributed by atoms with Crippen molar-refractivity contribution in [2.24, 2.45) is 0 Å². The summed E-state index contributed by atoms with van der Waals surface area (Å²) in [6.07, 6.45) is 0. The molecular formula is C36H24Br2O5S2. The fourth-order valence-electron chi connectivity index (χ4n) is 4.90. The molecule has 6 aromatic rings. The van der Waals surface area contributed by atoms with Crippen LogP contribution in [0.3, 0.4) is 0 Å². The molecular weight excluding hydrogens is 736 g/mol. The van der Waals surface area contributed by atoms with E-state index < -0.39 is 19.7 Å². The number of rotatable bonds is 8. The molecule has 0 saturated heterocycles. The summed E-state index contributed by atoms with van der Waals surface area (Å²) in [5.41, 5.74) is 2.65. The minimum atomic E-state index is -3.74. The Hall–Kier alpha value is -4.02. The Bertz CT molecular complexity index is 2040. The summed E-state index contributed by atoms with van der Waals surface area (Å²) in [6, 6.07) is 41.4. The molecule has 0 heterocycles. The van der Waals surface area contributed by atoms with E-state index in [2.05, 4.69) is 31.9 Å². The Morgan fingerprint density at radius 2 is 0.733 bits per heavy atom. The number of ether oxygens (including phenoxy) is 1. The maximum absolute atomic E-state index is 13.5. The molecule has 0 saturated carbocycles. The lowest BCUT2D eigenvalue weighted by molar-refractivity contribution is 0.483. The molecule has 0 atom stereocenters. The predicted octanol–water partition coefficient (Wildman–Crippen LogP) is 10.0. The van der Waals surface area contributed by atoms with Gasteiger partial charge >= 0.3 is 0 Å². The largest absolute Gasteiger partial charge is 0.457 e. The third kappa shape index (κ3) is 6.53. The zero-order valence-electron chi connectivity index (χ0n) is 23.5. The van der Waals surface area contributed by atoms with Gasteiger partial charge in [0.15, 0.2) is 0 Å². The first kappa shape index (κ1) is 31.0. The fraction of sp³-hybridized carbons (Fsp3) is 0. The molecule has 6 aromatic carbocycles. The summed E-state index contributed by atoms with van der Waals surface area (Å²) in [5, 5.41) is 0. The molecule has 0 fully saturated rings. The van der Waals surface area contributed by atoms with Crippen LogP contribution in [0.4, 0.5) is 0 Å². The Morgan fingerprint density at radius 1 is 0.400 bits per heavy atom. The molecule has 224 valence electrons. The van der Waals surface area contributed by atoms with E-state index in [4.69, 9.17) is 4.74 Å². The summed E-state index contributed by atoms with van der Waals surface area (Å²) in [6.45, 7) is 0. The van der Waals surface area contributed by atoms with Crippen molar-refractivity contribution in [1.82, 2.24) is 0 Å². The van der Waals surface area contributed by atoms with Crippen molar-refractivity contribution in [3.05, 3.63) is 155 Å². The molecule has 5 nitrogen and oxygen atoms in total. The van der Waals surface area contributed by atoms with Gasteiger partial charge in [-0.25, -0.2) is 16.8 Å². The molecule has 0 radical (unpaired) electrons. The Morgan fingerprint density at radius 3 is 1.09 bits per heavy atom. The van der Waals surface area contributed by atoms with Crippen LogP contribution in [0.25, 0.3) is 22.3 Å². The molecule has 45 heavy (non-hydrogen) atoms. The van der Waals surface area contributed by atoms with E-state index in [1.54, 1.807) is 109 Å². The molecule has 0 spiro atoms. The van der Waals surface area contributed by atoms with E-state index in [1.807, 2.05) is 36.4 Å². The highest BCUT2D eigenvalue weighted by molar-refractivity contribution is 9.10. The lowest BCUT2D eigenvalue weighted by Gasteiger charge is -2.13. The van der Waals surface area contributed by atoms with Crippen molar-refractivity contribution in [2.45, 2.75) is 19.6 Å². The van der Waals surface area contributed by atoms with E-state index in [1.165, 1.54) is 0 Å². The first-order valence-electron chi connectivity index (χ1n) is 13.7. The summed E-state index contributed by atoms with van der Waals surface area (Å²) in [4.78, 5) is 0.878. The third-order valence-electron chi connectivity index (χ3n) is 7.17. The number of benzene rings is 6. The molecule has 0 aliphatic carbocycles. The molecule has 0 amide bonds. The van der Waals surface area contributed by atoms with Crippen molar-refractivity contribution in [3.8, 4) is 33.8 Å². The van der Waals surface area contributed by atoms with Gasteiger partial charge in [-0.2, -0.15) is 0 Å². The molecule has 0 aliphatic rings. The van der Waals surface area contributed by atoms with Crippen LogP contribution < -0.4 is 4.74 Å².